The van der Waals surface area contributed by atoms with E-state index >= 15 is 0 Å². The van der Waals surface area contributed by atoms with Crippen molar-refractivity contribution in [3.63, 3.8) is 0 Å². The van der Waals surface area contributed by atoms with Crippen molar-refractivity contribution in [1.82, 2.24) is 0 Å². The Morgan fingerprint density at radius 1 is 1.48 bits per heavy atom. The molecule has 116 valence electrons. The number of rotatable bonds is 5. The highest BCUT2D eigenvalue weighted by atomic mass is 32.2. The number of carbonyl (C=O) groups excluding carboxylic acids is 1. The van der Waals surface area contributed by atoms with E-state index in [0.29, 0.717) is 0 Å². The van der Waals surface area contributed by atoms with Crippen LogP contribution in [0.4, 0.5) is 11.4 Å². The number of anilines is 2. The summed E-state index contributed by atoms with van der Waals surface area (Å²) in [6.45, 7) is 6.65. The normalized spacial score (nSPS) is 20.1. The molecule has 0 spiro atoms. The summed E-state index contributed by atoms with van der Waals surface area (Å²) in [5, 5.41) is 2.97. The Hall–Kier alpha value is -1.20. The van der Waals surface area contributed by atoms with E-state index in [-0.39, 0.29) is 17.9 Å². The summed E-state index contributed by atoms with van der Waals surface area (Å²) in [5.74, 6) is 0.951. The third kappa shape index (κ3) is 4.64. The third-order valence-electron chi connectivity index (χ3n) is 3.61. The number of hydrogen-bond donors (Lipinski definition) is 1. The molecule has 1 aliphatic heterocycles. The summed E-state index contributed by atoms with van der Waals surface area (Å²) in [7, 11) is 0. The zero-order valence-electron chi connectivity index (χ0n) is 13.0. The van der Waals surface area contributed by atoms with Crippen molar-refractivity contribution in [3.05, 3.63) is 24.3 Å². The molecule has 1 aromatic carbocycles. The molecule has 0 aliphatic carbocycles. The minimum absolute atomic E-state index is 0.0276. The van der Waals surface area contributed by atoms with Crippen molar-refractivity contribution in [2.24, 2.45) is 5.92 Å². The van der Waals surface area contributed by atoms with Gasteiger partial charge < -0.3 is 15.0 Å². The van der Waals surface area contributed by atoms with Gasteiger partial charge in [-0.1, -0.05) is 6.92 Å². The fourth-order valence-electron chi connectivity index (χ4n) is 2.40. The second kappa shape index (κ2) is 7.71. The van der Waals surface area contributed by atoms with Crippen molar-refractivity contribution < 1.29 is 9.53 Å². The third-order valence-corrected chi connectivity index (χ3v) is 4.44. The molecular weight excluding hydrogens is 284 g/mol. The molecule has 5 heteroatoms. The largest absolute Gasteiger partial charge is 0.375 e. The van der Waals surface area contributed by atoms with Crippen LogP contribution in [0.1, 0.15) is 13.8 Å². The molecule has 1 aromatic rings. The SMILES string of the molecule is CSC[C@@H](C)C(=O)Nc1ccc(N2CCO[C@H](C)C2)cc1. The smallest absolute Gasteiger partial charge is 0.228 e. The van der Waals surface area contributed by atoms with Gasteiger partial charge in [-0.25, -0.2) is 0 Å². The molecular formula is C16H24N2O2S. The second-order valence-corrected chi connectivity index (χ2v) is 6.43. The Balaban J connectivity index is 1.94. The molecule has 0 radical (unpaired) electrons. The van der Waals surface area contributed by atoms with Crippen LogP contribution >= 0.6 is 11.8 Å². The average Bonchev–Trinajstić information content (AvgIpc) is 2.48. The van der Waals surface area contributed by atoms with E-state index in [1.54, 1.807) is 11.8 Å². The number of nitrogens with one attached hydrogen (secondary N) is 1. The second-order valence-electron chi connectivity index (χ2n) is 5.52. The average molecular weight is 308 g/mol. The maximum absolute atomic E-state index is 12.0. The van der Waals surface area contributed by atoms with Gasteiger partial charge in [-0.2, -0.15) is 11.8 Å². The van der Waals surface area contributed by atoms with Crippen LogP contribution in [0.2, 0.25) is 0 Å². The Morgan fingerprint density at radius 3 is 2.81 bits per heavy atom. The lowest BCUT2D eigenvalue weighted by atomic mass is 10.2. The van der Waals surface area contributed by atoms with Gasteiger partial charge in [0.1, 0.15) is 0 Å². The highest BCUT2D eigenvalue weighted by molar-refractivity contribution is 7.98. The van der Waals surface area contributed by atoms with Crippen LogP contribution in [0.25, 0.3) is 0 Å². The fourth-order valence-corrected chi connectivity index (χ4v) is 3.05. The monoisotopic (exact) mass is 308 g/mol. The van der Waals surface area contributed by atoms with E-state index in [4.69, 9.17) is 4.74 Å². The summed E-state index contributed by atoms with van der Waals surface area (Å²) >= 11 is 1.69. The Labute approximate surface area is 131 Å². The molecule has 1 N–H and O–H groups in total. The molecule has 2 atom stereocenters. The van der Waals surface area contributed by atoms with Crippen molar-refractivity contribution in [2.75, 3.05) is 41.9 Å². The number of hydrogen-bond acceptors (Lipinski definition) is 4. The Kier molecular flexibility index (Phi) is 5.94. The van der Waals surface area contributed by atoms with Crippen LogP contribution in [0.15, 0.2) is 24.3 Å². The number of thioether (sulfide) groups is 1. The molecule has 1 fully saturated rings. The first-order valence-corrected chi connectivity index (χ1v) is 8.76. The first-order valence-electron chi connectivity index (χ1n) is 7.36. The Bertz CT molecular complexity index is 464. The lowest BCUT2D eigenvalue weighted by Crippen LogP contribution is -2.41. The lowest BCUT2D eigenvalue weighted by Gasteiger charge is -2.33. The zero-order valence-corrected chi connectivity index (χ0v) is 13.8. The van der Waals surface area contributed by atoms with Crippen LogP contribution in [-0.4, -0.2) is 43.7 Å². The van der Waals surface area contributed by atoms with Crippen molar-refractivity contribution in [2.45, 2.75) is 20.0 Å². The number of ether oxygens (including phenoxy) is 1. The first-order chi connectivity index (χ1) is 10.1. The quantitative estimate of drug-likeness (QED) is 0.908. The number of amides is 1. The van der Waals surface area contributed by atoms with E-state index < -0.39 is 0 Å². The fraction of sp³-hybridized carbons (Fsp3) is 0.562. The van der Waals surface area contributed by atoms with E-state index in [1.807, 2.05) is 25.3 Å². The summed E-state index contributed by atoms with van der Waals surface area (Å²) in [4.78, 5) is 14.3. The van der Waals surface area contributed by atoms with E-state index in [0.717, 1.165) is 31.1 Å². The molecule has 1 aliphatic rings. The van der Waals surface area contributed by atoms with Gasteiger partial charge in [0.05, 0.1) is 12.7 Å². The molecule has 0 aromatic heterocycles. The van der Waals surface area contributed by atoms with Crippen molar-refractivity contribution in [3.8, 4) is 0 Å². The molecule has 0 bridgehead atoms. The topological polar surface area (TPSA) is 41.6 Å². The Morgan fingerprint density at radius 2 is 2.19 bits per heavy atom. The maximum Gasteiger partial charge on any atom is 0.228 e. The maximum atomic E-state index is 12.0. The van der Waals surface area contributed by atoms with Crippen LogP contribution in [0.5, 0.6) is 0 Å². The molecule has 1 saturated heterocycles. The highest BCUT2D eigenvalue weighted by Crippen LogP contribution is 2.21. The number of morpholine rings is 1. The van der Waals surface area contributed by atoms with Gasteiger partial charge in [0, 0.05) is 36.1 Å². The van der Waals surface area contributed by atoms with Gasteiger partial charge in [0.25, 0.3) is 0 Å². The minimum atomic E-state index is 0.0276. The highest BCUT2D eigenvalue weighted by Gasteiger charge is 2.17. The van der Waals surface area contributed by atoms with E-state index in [2.05, 4.69) is 29.3 Å². The standard InChI is InChI=1S/C16H24N2O2S/c1-12(11-21-3)16(19)17-14-4-6-15(7-5-14)18-8-9-20-13(2)10-18/h4-7,12-13H,8-11H2,1-3H3,(H,17,19)/t12-,13-/m1/s1. The van der Waals surface area contributed by atoms with Crippen molar-refractivity contribution >= 4 is 29.0 Å². The first kappa shape index (κ1) is 16.2. The van der Waals surface area contributed by atoms with E-state index in [1.165, 1.54) is 5.69 Å². The number of benzene rings is 1. The van der Waals surface area contributed by atoms with Crippen LogP contribution in [-0.2, 0) is 9.53 Å². The molecule has 1 heterocycles. The summed E-state index contributed by atoms with van der Waals surface area (Å²) in [6, 6.07) is 8.07. The predicted molar refractivity (Wildman–Crippen MR) is 90.2 cm³/mol. The molecule has 1 amide bonds. The van der Waals surface area contributed by atoms with E-state index in [9.17, 15) is 4.79 Å². The minimum Gasteiger partial charge on any atom is -0.375 e. The van der Waals surface area contributed by atoms with Gasteiger partial charge in [0.2, 0.25) is 5.91 Å². The lowest BCUT2D eigenvalue weighted by molar-refractivity contribution is -0.118. The molecule has 21 heavy (non-hydrogen) atoms. The van der Waals surface area contributed by atoms with Gasteiger partial charge in [-0.3, -0.25) is 4.79 Å². The van der Waals surface area contributed by atoms with Crippen LogP contribution in [0.3, 0.4) is 0 Å². The van der Waals surface area contributed by atoms with Crippen molar-refractivity contribution in [1.29, 1.82) is 0 Å². The molecule has 2 rings (SSSR count). The summed E-state index contributed by atoms with van der Waals surface area (Å²) < 4.78 is 5.55. The zero-order chi connectivity index (χ0) is 15.2. The van der Waals surface area contributed by atoms with Gasteiger partial charge >= 0.3 is 0 Å². The number of nitrogens with zero attached hydrogens (tertiary/aromatic N) is 1. The van der Waals surface area contributed by atoms with Gasteiger partial charge in [-0.15, -0.1) is 0 Å². The predicted octanol–water partition coefficient (Wildman–Crippen LogP) is 2.85. The molecule has 4 nitrogen and oxygen atoms in total. The van der Waals surface area contributed by atoms with Gasteiger partial charge in [0.15, 0.2) is 0 Å². The summed E-state index contributed by atoms with van der Waals surface area (Å²) in [5.41, 5.74) is 2.04. The van der Waals surface area contributed by atoms with Crippen LogP contribution in [0, 0.1) is 5.92 Å². The molecule has 0 unspecified atom stereocenters. The van der Waals surface area contributed by atoms with Gasteiger partial charge in [-0.05, 0) is 37.4 Å². The summed E-state index contributed by atoms with van der Waals surface area (Å²) in [6.07, 6.45) is 2.28. The molecule has 0 saturated carbocycles. The van der Waals surface area contributed by atoms with Crippen LogP contribution < -0.4 is 10.2 Å². The number of carbonyl (C=O) groups is 1.